The number of aryl methyl sites for hydroxylation is 1. The lowest BCUT2D eigenvalue weighted by Crippen LogP contribution is -2.05. The normalized spacial score (nSPS) is 13.0. The minimum atomic E-state index is -0.313. The van der Waals surface area contributed by atoms with Crippen LogP contribution in [0.25, 0.3) is 11.0 Å². The Labute approximate surface area is 120 Å². The van der Waals surface area contributed by atoms with E-state index in [1.807, 2.05) is 24.5 Å². The predicted octanol–water partition coefficient (Wildman–Crippen LogP) is 3.82. The van der Waals surface area contributed by atoms with E-state index < -0.39 is 0 Å². The number of fused-ring (bicyclic) bond motifs is 1. The third-order valence-electron chi connectivity index (χ3n) is 3.09. The van der Waals surface area contributed by atoms with Crippen LogP contribution in [0.5, 0.6) is 0 Å². The molecule has 3 aromatic rings. The van der Waals surface area contributed by atoms with Gasteiger partial charge in [0.2, 0.25) is 0 Å². The van der Waals surface area contributed by atoms with Gasteiger partial charge < -0.3 is 9.09 Å². The van der Waals surface area contributed by atoms with Gasteiger partial charge in [-0.15, -0.1) is 11.6 Å². The van der Waals surface area contributed by atoms with Crippen LogP contribution in [0.15, 0.2) is 28.8 Å². The van der Waals surface area contributed by atoms with Crippen molar-refractivity contribution in [2.45, 2.75) is 25.8 Å². The molecule has 0 saturated carbocycles. The monoisotopic (exact) mass is 293 g/mol. The highest BCUT2D eigenvalue weighted by Gasteiger charge is 2.17. The van der Waals surface area contributed by atoms with E-state index in [9.17, 15) is 4.39 Å². The van der Waals surface area contributed by atoms with Gasteiger partial charge in [0.05, 0.1) is 28.6 Å². The molecule has 0 spiro atoms. The molecule has 3 rings (SSSR count). The van der Waals surface area contributed by atoms with Gasteiger partial charge in [-0.3, -0.25) is 0 Å². The lowest BCUT2D eigenvalue weighted by Gasteiger charge is -2.08. The molecular weight excluding hydrogens is 281 g/mol. The first-order valence-corrected chi connectivity index (χ1v) is 6.70. The quantitative estimate of drug-likeness (QED) is 0.690. The molecule has 0 aliphatic carbocycles. The number of imidazole rings is 1. The molecular formula is C14H13ClFN3O. The lowest BCUT2D eigenvalue weighted by atomic mass is 10.3. The summed E-state index contributed by atoms with van der Waals surface area (Å²) >= 11 is 6.17. The first kappa shape index (κ1) is 13.1. The molecule has 20 heavy (non-hydrogen) atoms. The minimum Gasteiger partial charge on any atom is -0.359 e. The number of benzene rings is 1. The summed E-state index contributed by atoms with van der Waals surface area (Å²) in [4.78, 5) is 4.40. The van der Waals surface area contributed by atoms with Gasteiger partial charge in [-0.1, -0.05) is 5.16 Å². The van der Waals surface area contributed by atoms with Crippen molar-refractivity contribution < 1.29 is 8.91 Å². The topological polar surface area (TPSA) is 43.9 Å². The SMILES string of the molecule is Cc1cc(Cn2c(C(C)Cl)nc3cc(F)ccc32)on1. The van der Waals surface area contributed by atoms with E-state index in [1.165, 1.54) is 12.1 Å². The number of rotatable bonds is 3. The van der Waals surface area contributed by atoms with Crippen molar-refractivity contribution in [2.75, 3.05) is 0 Å². The van der Waals surface area contributed by atoms with Gasteiger partial charge in [0.15, 0.2) is 5.76 Å². The Kier molecular flexibility index (Phi) is 3.22. The summed E-state index contributed by atoms with van der Waals surface area (Å²) in [6.45, 7) is 4.16. The van der Waals surface area contributed by atoms with Gasteiger partial charge in [0.25, 0.3) is 0 Å². The molecule has 2 heterocycles. The fourth-order valence-corrected chi connectivity index (χ4v) is 2.40. The van der Waals surface area contributed by atoms with E-state index in [1.54, 1.807) is 6.07 Å². The molecule has 6 heteroatoms. The minimum absolute atomic E-state index is 0.283. The van der Waals surface area contributed by atoms with Crippen molar-refractivity contribution in [3.8, 4) is 0 Å². The van der Waals surface area contributed by atoms with Crippen LogP contribution in [0.4, 0.5) is 4.39 Å². The molecule has 1 aromatic carbocycles. The van der Waals surface area contributed by atoms with Gasteiger partial charge in [0.1, 0.15) is 11.6 Å². The van der Waals surface area contributed by atoms with Crippen molar-refractivity contribution in [3.63, 3.8) is 0 Å². The molecule has 0 saturated heterocycles. The molecule has 104 valence electrons. The molecule has 0 aliphatic heterocycles. The van der Waals surface area contributed by atoms with Gasteiger partial charge in [-0.25, -0.2) is 9.37 Å². The fraction of sp³-hybridized carbons (Fsp3) is 0.286. The molecule has 0 amide bonds. The highest BCUT2D eigenvalue weighted by Crippen LogP contribution is 2.26. The second kappa shape index (κ2) is 4.90. The number of hydrogen-bond acceptors (Lipinski definition) is 3. The van der Waals surface area contributed by atoms with E-state index in [4.69, 9.17) is 16.1 Å². The average Bonchev–Trinajstić information content (AvgIpc) is 2.94. The first-order valence-electron chi connectivity index (χ1n) is 6.26. The standard InChI is InChI=1S/C14H13ClFN3O/c1-8-5-11(20-18-8)7-19-13-4-3-10(16)6-12(13)17-14(19)9(2)15/h3-6,9H,7H2,1-2H3. The predicted molar refractivity (Wildman–Crippen MR) is 74.3 cm³/mol. The Morgan fingerprint density at radius 2 is 2.20 bits per heavy atom. The van der Waals surface area contributed by atoms with Crippen LogP contribution in [-0.4, -0.2) is 14.7 Å². The molecule has 1 unspecified atom stereocenters. The van der Waals surface area contributed by atoms with Gasteiger partial charge in [-0.05, 0) is 26.0 Å². The van der Waals surface area contributed by atoms with Crippen LogP contribution in [0, 0.1) is 12.7 Å². The fourth-order valence-electron chi connectivity index (χ4n) is 2.24. The van der Waals surface area contributed by atoms with Crippen LogP contribution in [0.1, 0.15) is 29.6 Å². The van der Waals surface area contributed by atoms with Crippen LogP contribution in [-0.2, 0) is 6.54 Å². The van der Waals surface area contributed by atoms with Crippen LogP contribution in [0.2, 0.25) is 0 Å². The maximum atomic E-state index is 13.3. The second-order valence-corrected chi connectivity index (χ2v) is 5.39. The van der Waals surface area contributed by atoms with Crippen LogP contribution < -0.4 is 0 Å². The lowest BCUT2D eigenvalue weighted by molar-refractivity contribution is 0.372. The molecule has 4 nitrogen and oxygen atoms in total. The molecule has 1 atom stereocenters. The largest absolute Gasteiger partial charge is 0.359 e. The summed E-state index contributed by atoms with van der Waals surface area (Å²) in [7, 11) is 0. The Balaban J connectivity index is 2.13. The third-order valence-corrected chi connectivity index (χ3v) is 3.28. The summed E-state index contributed by atoms with van der Waals surface area (Å²) < 4.78 is 20.5. The van der Waals surface area contributed by atoms with Gasteiger partial charge in [-0.2, -0.15) is 0 Å². The molecule has 0 N–H and O–H groups in total. The zero-order valence-corrected chi connectivity index (χ0v) is 11.9. The van der Waals surface area contributed by atoms with E-state index in [-0.39, 0.29) is 11.2 Å². The van der Waals surface area contributed by atoms with E-state index in [2.05, 4.69) is 10.1 Å². The molecule has 0 fully saturated rings. The smallest absolute Gasteiger partial charge is 0.156 e. The molecule has 0 bridgehead atoms. The van der Waals surface area contributed by atoms with E-state index >= 15 is 0 Å². The Morgan fingerprint density at radius 3 is 2.85 bits per heavy atom. The van der Waals surface area contributed by atoms with E-state index in [0.29, 0.717) is 23.6 Å². The number of hydrogen-bond donors (Lipinski definition) is 0. The van der Waals surface area contributed by atoms with Crippen LogP contribution in [0.3, 0.4) is 0 Å². The molecule has 0 aliphatic rings. The third kappa shape index (κ3) is 2.29. The number of aromatic nitrogens is 3. The highest BCUT2D eigenvalue weighted by molar-refractivity contribution is 6.20. The van der Waals surface area contributed by atoms with Crippen LogP contribution >= 0.6 is 11.6 Å². The van der Waals surface area contributed by atoms with Crippen molar-refractivity contribution in [2.24, 2.45) is 0 Å². The average molecular weight is 294 g/mol. The Morgan fingerprint density at radius 1 is 1.40 bits per heavy atom. The highest BCUT2D eigenvalue weighted by atomic mass is 35.5. The van der Waals surface area contributed by atoms with Gasteiger partial charge >= 0.3 is 0 Å². The number of alkyl halides is 1. The van der Waals surface area contributed by atoms with Crippen molar-refractivity contribution >= 4 is 22.6 Å². The van der Waals surface area contributed by atoms with Crippen molar-refractivity contribution in [3.05, 3.63) is 47.4 Å². The Bertz CT molecular complexity index is 763. The summed E-state index contributed by atoms with van der Waals surface area (Å²) in [6.07, 6.45) is 0. The van der Waals surface area contributed by atoms with Crippen molar-refractivity contribution in [1.29, 1.82) is 0 Å². The Hall–Kier alpha value is -1.88. The molecule has 2 aromatic heterocycles. The summed E-state index contributed by atoms with van der Waals surface area (Å²) in [5, 5.41) is 3.58. The van der Waals surface area contributed by atoms with Crippen molar-refractivity contribution in [1.82, 2.24) is 14.7 Å². The first-order chi connectivity index (χ1) is 9.54. The van der Waals surface area contributed by atoms with E-state index in [0.717, 1.165) is 11.2 Å². The maximum Gasteiger partial charge on any atom is 0.156 e. The summed E-state index contributed by atoms with van der Waals surface area (Å²) in [5.41, 5.74) is 2.22. The number of halogens is 2. The van der Waals surface area contributed by atoms with Gasteiger partial charge in [0, 0.05) is 12.1 Å². The number of nitrogens with zero attached hydrogens (tertiary/aromatic N) is 3. The molecule has 0 radical (unpaired) electrons. The summed E-state index contributed by atoms with van der Waals surface area (Å²) in [5.74, 6) is 1.08. The second-order valence-electron chi connectivity index (χ2n) is 4.74. The summed E-state index contributed by atoms with van der Waals surface area (Å²) in [6, 6.07) is 6.37. The maximum absolute atomic E-state index is 13.3. The zero-order valence-electron chi connectivity index (χ0n) is 11.1. The zero-order chi connectivity index (χ0) is 14.3.